The van der Waals surface area contributed by atoms with Crippen molar-refractivity contribution in [2.45, 2.75) is 44.3 Å². The molecule has 2 fully saturated rings. The average Bonchev–Trinajstić information content (AvgIpc) is 3.76. The topological polar surface area (TPSA) is 120 Å². The summed E-state index contributed by atoms with van der Waals surface area (Å²) in [6, 6.07) is 1.73. The fourth-order valence-corrected chi connectivity index (χ4v) is 7.45. The Morgan fingerprint density at radius 1 is 1.28 bits per heavy atom. The summed E-state index contributed by atoms with van der Waals surface area (Å²) in [4.78, 5) is 41.1. The summed E-state index contributed by atoms with van der Waals surface area (Å²) in [5.74, 6) is -5.18. The maximum absolute atomic E-state index is 15.7. The second-order valence-electron chi connectivity index (χ2n) is 10.4. The number of nitrogens with one attached hydrogen (secondary N) is 1. The van der Waals surface area contributed by atoms with Crippen molar-refractivity contribution in [1.82, 2.24) is 20.2 Å². The zero-order valence-electron chi connectivity index (χ0n) is 23.1. The first-order valence-corrected chi connectivity index (χ1v) is 15.3. The molecule has 0 bridgehead atoms. The van der Waals surface area contributed by atoms with E-state index in [9.17, 15) is 19.1 Å². The summed E-state index contributed by atoms with van der Waals surface area (Å²) in [6.07, 6.45) is 1.98. The highest BCUT2D eigenvalue weighted by atomic mass is 32.1. The van der Waals surface area contributed by atoms with E-state index in [0.717, 1.165) is 11.3 Å². The molecule has 0 amide bonds. The summed E-state index contributed by atoms with van der Waals surface area (Å²) >= 11 is 2.33. The van der Waals surface area contributed by atoms with Gasteiger partial charge in [-0.25, -0.2) is 32.7 Å². The number of carboxylic acid groups (broad SMARTS) is 1. The number of fused-ring (bicyclic) bond motifs is 1. The van der Waals surface area contributed by atoms with E-state index in [0.29, 0.717) is 34.1 Å². The Morgan fingerprint density at radius 2 is 2.09 bits per heavy atom. The molecule has 15 heteroatoms. The number of aliphatic imine (C=N–C) groups is 1. The van der Waals surface area contributed by atoms with Crippen LogP contribution in [0.2, 0.25) is 0 Å². The lowest BCUT2D eigenvalue weighted by atomic mass is 9.92. The summed E-state index contributed by atoms with van der Waals surface area (Å²) in [6.45, 7) is 2.94. The minimum absolute atomic E-state index is 0.0632. The molecule has 2 aromatic heterocycles. The van der Waals surface area contributed by atoms with Crippen molar-refractivity contribution < 1.29 is 32.6 Å². The highest BCUT2D eigenvalue weighted by Crippen LogP contribution is 2.45. The molecule has 2 saturated heterocycles. The molecule has 0 aliphatic carbocycles. The summed E-state index contributed by atoms with van der Waals surface area (Å²) in [5, 5.41) is 16.3. The van der Waals surface area contributed by atoms with Crippen LogP contribution in [0.4, 0.5) is 18.3 Å². The number of esters is 1. The Bertz CT molecular complexity index is 1630. The monoisotopic (exact) mass is 632 g/mol. The first-order valence-electron chi connectivity index (χ1n) is 13.6. The molecule has 3 aliphatic rings. The van der Waals surface area contributed by atoms with Gasteiger partial charge in [-0.05, 0) is 37.5 Å². The van der Waals surface area contributed by atoms with Crippen LogP contribution < -0.4 is 10.2 Å². The Morgan fingerprint density at radius 3 is 2.79 bits per heavy atom. The van der Waals surface area contributed by atoms with Gasteiger partial charge in [-0.2, -0.15) is 0 Å². The smallest absolute Gasteiger partial charge is 0.355 e. The molecule has 0 saturated carbocycles. The number of carbonyl (C=O) groups is 2. The third-order valence-electron chi connectivity index (χ3n) is 7.86. The quantitative estimate of drug-likeness (QED) is 0.351. The fourth-order valence-electron chi connectivity index (χ4n) is 6.00. The number of anilines is 1. The lowest BCUT2D eigenvalue weighted by Gasteiger charge is -2.31. The standard InChI is InChI=1S/C28H27F3N6O4S2/c1-3-41-26(40)20-17(33-23(24-32-8-10-42-24)35-21(20)15-5-4-6-16(29)14(15)2)11-36-13-28(30,31)22-19(36)7-9-37(22)27-34-18(12-43-27)25(38)39/h4-6,8,10,12,19,21-22H,3,7,9,11,13H2,1-2H3,(H,33,35)(H,38,39). The van der Waals surface area contributed by atoms with Gasteiger partial charge in [0.15, 0.2) is 21.7 Å². The minimum Gasteiger partial charge on any atom is -0.476 e. The number of benzene rings is 1. The van der Waals surface area contributed by atoms with Crippen LogP contribution in [0.25, 0.3) is 0 Å². The maximum Gasteiger partial charge on any atom is 0.355 e. The number of rotatable bonds is 8. The number of amidine groups is 1. The molecule has 1 aromatic carbocycles. The Kier molecular flexibility index (Phi) is 7.73. The summed E-state index contributed by atoms with van der Waals surface area (Å²) in [5.41, 5.74) is 1.00. The molecular formula is C28H27F3N6O4S2. The van der Waals surface area contributed by atoms with Crippen LogP contribution >= 0.6 is 22.7 Å². The molecule has 3 unspecified atom stereocenters. The van der Waals surface area contributed by atoms with E-state index in [4.69, 9.17) is 9.73 Å². The second-order valence-corrected chi connectivity index (χ2v) is 12.1. The van der Waals surface area contributed by atoms with Gasteiger partial charge in [-0.3, -0.25) is 9.89 Å². The highest BCUT2D eigenvalue weighted by molar-refractivity contribution is 7.14. The van der Waals surface area contributed by atoms with Crippen LogP contribution in [-0.4, -0.2) is 82.0 Å². The fraction of sp³-hybridized carbons (Fsp3) is 0.393. The number of halogens is 3. The second kappa shape index (κ2) is 11.4. The molecule has 5 heterocycles. The van der Waals surface area contributed by atoms with E-state index in [-0.39, 0.29) is 36.1 Å². The number of alkyl halides is 2. The van der Waals surface area contributed by atoms with Crippen molar-refractivity contribution in [3.8, 4) is 0 Å². The molecule has 3 aliphatic heterocycles. The lowest BCUT2D eigenvalue weighted by Crippen LogP contribution is -2.45. The first-order chi connectivity index (χ1) is 20.6. The number of hydrogen-bond acceptors (Lipinski definition) is 11. The number of hydrogen-bond donors (Lipinski definition) is 2. The molecule has 3 aromatic rings. The van der Waals surface area contributed by atoms with Gasteiger partial charge >= 0.3 is 11.9 Å². The first kappa shape index (κ1) is 29.3. The van der Waals surface area contributed by atoms with Crippen molar-refractivity contribution >= 4 is 45.6 Å². The largest absolute Gasteiger partial charge is 0.476 e. The average molecular weight is 633 g/mol. The number of aromatic nitrogens is 2. The molecule has 226 valence electrons. The van der Waals surface area contributed by atoms with E-state index in [2.05, 4.69) is 15.3 Å². The molecule has 0 spiro atoms. The van der Waals surface area contributed by atoms with E-state index < -0.39 is 48.3 Å². The van der Waals surface area contributed by atoms with E-state index in [1.165, 1.54) is 33.7 Å². The zero-order chi connectivity index (χ0) is 30.5. The van der Waals surface area contributed by atoms with Crippen molar-refractivity contribution in [2.24, 2.45) is 4.99 Å². The molecule has 6 rings (SSSR count). The van der Waals surface area contributed by atoms with Crippen LogP contribution in [0.5, 0.6) is 0 Å². The number of carbonyl (C=O) groups excluding carboxylic acids is 1. The number of carboxylic acids is 1. The Hall–Kier alpha value is -3.82. The van der Waals surface area contributed by atoms with Gasteiger partial charge in [0.2, 0.25) is 0 Å². The normalized spacial score (nSPS) is 23.2. The van der Waals surface area contributed by atoms with E-state index >= 15 is 8.78 Å². The van der Waals surface area contributed by atoms with Gasteiger partial charge < -0.3 is 20.1 Å². The number of ether oxygens (including phenoxy) is 1. The van der Waals surface area contributed by atoms with Crippen molar-refractivity contribution in [3.63, 3.8) is 0 Å². The lowest BCUT2D eigenvalue weighted by molar-refractivity contribution is -0.139. The molecular weight excluding hydrogens is 605 g/mol. The van der Waals surface area contributed by atoms with Gasteiger partial charge in [-0.1, -0.05) is 12.1 Å². The number of nitrogens with zero attached hydrogens (tertiary/aromatic N) is 5. The van der Waals surface area contributed by atoms with Crippen molar-refractivity contribution in [2.75, 3.05) is 31.1 Å². The summed E-state index contributed by atoms with van der Waals surface area (Å²) in [7, 11) is 0. The third-order valence-corrected chi connectivity index (χ3v) is 9.52. The third kappa shape index (κ3) is 5.29. The van der Waals surface area contributed by atoms with Crippen molar-refractivity contribution in [1.29, 1.82) is 0 Å². The van der Waals surface area contributed by atoms with Crippen LogP contribution in [0, 0.1) is 12.7 Å². The Balaban J connectivity index is 1.39. The van der Waals surface area contributed by atoms with Crippen LogP contribution in [0.1, 0.15) is 46.0 Å². The highest BCUT2D eigenvalue weighted by Gasteiger charge is 2.60. The van der Waals surface area contributed by atoms with Crippen molar-refractivity contribution in [3.05, 3.63) is 74.1 Å². The van der Waals surface area contributed by atoms with Crippen LogP contribution in [0.3, 0.4) is 0 Å². The molecule has 0 radical (unpaired) electrons. The van der Waals surface area contributed by atoms with Gasteiger partial charge in [0.05, 0.1) is 18.7 Å². The van der Waals surface area contributed by atoms with Gasteiger partial charge in [0.25, 0.3) is 5.92 Å². The van der Waals surface area contributed by atoms with Crippen LogP contribution in [0.15, 0.2) is 51.4 Å². The van der Waals surface area contributed by atoms with Crippen LogP contribution in [-0.2, 0) is 9.53 Å². The molecule has 3 atom stereocenters. The van der Waals surface area contributed by atoms with Gasteiger partial charge in [-0.15, -0.1) is 22.7 Å². The van der Waals surface area contributed by atoms with Gasteiger partial charge in [0, 0.05) is 41.8 Å². The van der Waals surface area contributed by atoms with E-state index in [1.54, 1.807) is 36.4 Å². The maximum atomic E-state index is 15.7. The summed E-state index contributed by atoms with van der Waals surface area (Å²) < 4.78 is 51.5. The Labute approximate surface area is 252 Å². The molecule has 2 N–H and O–H groups in total. The minimum atomic E-state index is -3.15. The number of likely N-dealkylation sites (tertiary alicyclic amines) is 1. The van der Waals surface area contributed by atoms with Gasteiger partial charge in [0.1, 0.15) is 17.9 Å². The molecule has 43 heavy (non-hydrogen) atoms. The predicted molar refractivity (Wildman–Crippen MR) is 154 cm³/mol. The number of thiazole rings is 2. The zero-order valence-corrected chi connectivity index (χ0v) is 24.7. The SMILES string of the molecule is CCOC(=O)C1=C(CN2CC(F)(F)C3C2CCN3c2nc(C(=O)O)cs2)NC(c2nccs2)=NC1c1cccc(F)c1C. The molecule has 10 nitrogen and oxygen atoms in total. The predicted octanol–water partition coefficient (Wildman–Crippen LogP) is 4.25. The van der Waals surface area contributed by atoms with E-state index in [1.807, 2.05) is 0 Å². The number of aromatic carboxylic acids is 1.